The van der Waals surface area contributed by atoms with E-state index in [4.69, 9.17) is 23.9 Å². The van der Waals surface area contributed by atoms with E-state index in [2.05, 4.69) is 41.5 Å². The molecule has 1 aromatic heterocycles. The molecule has 3 atom stereocenters. The van der Waals surface area contributed by atoms with Crippen molar-refractivity contribution >= 4 is 28.5 Å². The summed E-state index contributed by atoms with van der Waals surface area (Å²) in [6, 6.07) is 12.4. The van der Waals surface area contributed by atoms with Crippen LogP contribution in [0.5, 0.6) is 5.75 Å². The normalized spacial score (nSPS) is 22.3. The zero-order chi connectivity index (χ0) is 31.2. The molecule has 0 unspecified atom stereocenters. The molecule has 3 aromatic rings. The average Bonchev–Trinajstić information content (AvgIpc) is 3.34. The minimum absolute atomic E-state index is 0.0996. The smallest absolute Gasteiger partial charge is 0.410 e. The lowest BCUT2D eigenvalue weighted by Crippen LogP contribution is -2.44. The minimum Gasteiger partial charge on any atom is -0.488 e. The molecule has 3 aliphatic rings. The Morgan fingerprint density at radius 1 is 1.11 bits per heavy atom. The van der Waals surface area contributed by atoms with E-state index in [1.807, 2.05) is 32.9 Å². The van der Waals surface area contributed by atoms with Gasteiger partial charge >= 0.3 is 12.1 Å². The topological polar surface area (TPSA) is 90.4 Å². The molecule has 10 heteroatoms. The van der Waals surface area contributed by atoms with Crippen LogP contribution in [0.25, 0.3) is 11.3 Å². The molecule has 234 valence electrons. The van der Waals surface area contributed by atoms with Gasteiger partial charge in [0, 0.05) is 37.7 Å². The van der Waals surface area contributed by atoms with Crippen LogP contribution in [0, 0.1) is 18.3 Å². The molecule has 1 saturated carbocycles. The third-order valence-corrected chi connectivity index (χ3v) is 9.79. The molecule has 1 amide bonds. The van der Waals surface area contributed by atoms with Crippen molar-refractivity contribution in [1.82, 2.24) is 9.88 Å². The number of nitrogens with zero attached hydrogens (tertiary/aromatic N) is 3. The molecule has 2 fully saturated rings. The van der Waals surface area contributed by atoms with E-state index in [0.717, 1.165) is 58.2 Å². The van der Waals surface area contributed by atoms with Gasteiger partial charge in [0.2, 0.25) is 0 Å². The summed E-state index contributed by atoms with van der Waals surface area (Å²) in [5.41, 5.74) is 5.34. The van der Waals surface area contributed by atoms with Crippen molar-refractivity contribution in [2.75, 3.05) is 38.8 Å². The van der Waals surface area contributed by atoms with Gasteiger partial charge in [-0.2, -0.15) is 0 Å². The lowest BCUT2D eigenvalue weighted by Gasteiger charge is -2.31. The molecular weight excluding hydrogens is 578 g/mol. The fraction of sp³-hybridized carbons (Fsp3) is 0.500. The summed E-state index contributed by atoms with van der Waals surface area (Å²) in [7, 11) is 3.13. The SMILES string of the molecule is COC[C@H]1N(c2nc(-c3cc(C)ccc3OCc3ccc4c(c3)CCN(C(=O)OC(C)(C)C)C4)cs2)C[C@@H]2C[C@@]21C(=O)OC. The summed E-state index contributed by atoms with van der Waals surface area (Å²) in [5, 5.41) is 2.94. The van der Waals surface area contributed by atoms with Crippen molar-refractivity contribution < 1.29 is 28.5 Å². The van der Waals surface area contributed by atoms with Crippen LogP contribution in [-0.2, 0) is 38.6 Å². The molecule has 1 saturated heterocycles. The lowest BCUT2D eigenvalue weighted by molar-refractivity contribution is -0.148. The molecule has 0 spiro atoms. The quantitative estimate of drug-likeness (QED) is 0.284. The second-order valence-corrected chi connectivity index (χ2v) is 14.0. The molecule has 44 heavy (non-hydrogen) atoms. The van der Waals surface area contributed by atoms with Crippen LogP contribution in [0.4, 0.5) is 9.93 Å². The first-order valence-electron chi connectivity index (χ1n) is 15.1. The number of carbonyl (C=O) groups is 2. The number of anilines is 1. The fourth-order valence-electron chi connectivity index (χ4n) is 6.64. The number of fused-ring (bicyclic) bond motifs is 2. The molecule has 0 N–H and O–H groups in total. The molecule has 2 aliphatic heterocycles. The zero-order valence-corrected chi connectivity index (χ0v) is 27.2. The van der Waals surface area contributed by atoms with Gasteiger partial charge in [-0.25, -0.2) is 9.78 Å². The maximum Gasteiger partial charge on any atom is 0.410 e. The highest BCUT2D eigenvalue weighted by Gasteiger charge is 2.71. The monoisotopic (exact) mass is 619 g/mol. The average molecular weight is 620 g/mol. The van der Waals surface area contributed by atoms with Crippen molar-refractivity contribution in [2.24, 2.45) is 11.3 Å². The van der Waals surface area contributed by atoms with Crippen molar-refractivity contribution in [3.63, 3.8) is 0 Å². The maximum atomic E-state index is 12.7. The summed E-state index contributed by atoms with van der Waals surface area (Å²) in [5.74, 6) is 0.878. The van der Waals surface area contributed by atoms with E-state index in [1.54, 1.807) is 23.3 Å². The molecule has 1 aliphatic carbocycles. The highest BCUT2D eigenvalue weighted by Crippen LogP contribution is 2.63. The van der Waals surface area contributed by atoms with Crippen LogP contribution in [0.2, 0.25) is 0 Å². The first kappa shape index (κ1) is 30.4. The Morgan fingerprint density at radius 3 is 2.68 bits per heavy atom. The van der Waals surface area contributed by atoms with E-state index >= 15 is 0 Å². The summed E-state index contributed by atoms with van der Waals surface area (Å²) in [6.45, 7) is 10.5. The Labute approximate surface area is 263 Å². The second kappa shape index (κ2) is 11.7. The third kappa shape index (κ3) is 5.77. The van der Waals surface area contributed by atoms with Gasteiger partial charge in [0.15, 0.2) is 5.13 Å². The molecule has 0 radical (unpaired) electrons. The number of aryl methyl sites for hydroxylation is 1. The third-order valence-electron chi connectivity index (χ3n) is 8.91. The van der Waals surface area contributed by atoms with Gasteiger partial charge in [0.1, 0.15) is 18.0 Å². The maximum absolute atomic E-state index is 12.7. The van der Waals surface area contributed by atoms with Crippen molar-refractivity contribution in [1.29, 1.82) is 0 Å². The number of thiazole rings is 1. The predicted molar refractivity (Wildman–Crippen MR) is 169 cm³/mol. The Hall–Kier alpha value is -3.63. The summed E-state index contributed by atoms with van der Waals surface area (Å²) in [6.07, 6.45) is 1.34. The van der Waals surface area contributed by atoms with Gasteiger partial charge < -0.3 is 28.7 Å². The highest BCUT2D eigenvalue weighted by atomic mass is 32.1. The summed E-state index contributed by atoms with van der Waals surface area (Å²) in [4.78, 5) is 34.3. The minimum atomic E-state index is -0.512. The predicted octanol–water partition coefficient (Wildman–Crippen LogP) is 6.01. The van der Waals surface area contributed by atoms with E-state index in [-0.39, 0.29) is 24.0 Å². The van der Waals surface area contributed by atoms with Gasteiger partial charge in [-0.1, -0.05) is 29.8 Å². The van der Waals surface area contributed by atoms with Gasteiger partial charge in [0.25, 0.3) is 0 Å². The largest absolute Gasteiger partial charge is 0.488 e. The van der Waals surface area contributed by atoms with E-state index in [0.29, 0.717) is 26.3 Å². The summed E-state index contributed by atoms with van der Waals surface area (Å²) < 4.78 is 22.7. The van der Waals surface area contributed by atoms with E-state index in [9.17, 15) is 9.59 Å². The number of piperidine rings is 1. The Kier molecular flexibility index (Phi) is 8.09. The first-order chi connectivity index (χ1) is 21.0. The number of esters is 1. The van der Waals surface area contributed by atoms with Crippen LogP contribution in [0.15, 0.2) is 41.8 Å². The number of rotatable bonds is 8. The van der Waals surface area contributed by atoms with Crippen LogP contribution in [0.3, 0.4) is 0 Å². The zero-order valence-electron chi connectivity index (χ0n) is 26.3. The number of hydrogen-bond donors (Lipinski definition) is 0. The van der Waals surface area contributed by atoms with Crippen LogP contribution in [-0.4, -0.2) is 67.5 Å². The summed E-state index contributed by atoms with van der Waals surface area (Å²) >= 11 is 1.58. The van der Waals surface area contributed by atoms with Gasteiger partial charge in [-0.05, 0) is 75.3 Å². The number of aromatic nitrogens is 1. The Morgan fingerprint density at radius 2 is 1.93 bits per heavy atom. The standard InChI is InChI=1S/C34H41N3O6S/c1-21-7-10-28(42-18-22-8-9-24-16-36(12-11-23(24)14-22)32(39)43-33(2,3)4)26(13-21)27-20-44-31(35-27)37-17-25-15-34(25,30(38)41-6)29(37)19-40-5/h7-10,13-14,20,25,29H,11-12,15-19H2,1-6H3/t25-,29+,34+/m0/s1. The number of ether oxygens (including phenoxy) is 4. The highest BCUT2D eigenvalue weighted by molar-refractivity contribution is 7.14. The number of amides is 1. The first-order valence-corrected chi connectivity index (χ1v) is 16.0. The molecule has 6 rings (SSSR count). The molecular formula is C34H41N3O6S. The molecule has 0 bridgehead atoms. The molecule has 3 heterocycles. The van der Waals surface area contributed by atoms with Crippen molar-refractivity contribution in [3.8, 4) is 17.0 Å². The van der Waals surface area contributed by atoms with Gasteiger partial charge in [-0.15, -0.1) is 11.3 Å². The lowest BCUT2D eigenvalue weighted by atomic mass is 9.97. The number of benzene rings is 2. The fourth-order valence-corrected chi connectivity index (χ4v) is 7.53. The Balaban J connectivity index is 1.16. The number of hydrogen-bond acceptors (Lipinski definition) is 9. The van der Waals surface area contributed by atoms with Crippen LogP contribution in [0.1, 0.15) is 49.4 Å². The van der Waals surface area contributed by atoms with E-state index < -0.39 is 11.0 Å². The van der Waals surface area contributed by atoms with Crippen LogP contribution >= 0.6 is 11.3 Å². The molecule has 9 nitrogen and oxygen atoms in total. The van der Waals surface area contributed by atoms with Gasteiger partial charge in [-0.3, -0.25) is 4.79 Å². The molecule has 2 aromatic carbocycles. The number of carbonyl (C=O) groups excluding carboxylic acids is 2. The number of methoxy groups -OCH3 is 2. The van der Waals surface area contributed by atoms with Crippen LogP contribution < -0.4 is 9.64 Å². The van der Waals surface area contributed by atoms with Crippen molar-refractivity contribution in [2.45, 2.75) is 65.3 Å². The Bertz CT molecular complexity index is 1560. The van der Waals surface area contributed by atoms with Crippen molar-refractivity contribution in [3.05, 3.63) is 64.0 Å². The second-order valence-electron chi connectivity index (χ2n) is 13.1. The van der Waals surface area contributed by atoms with Gasteiger partial charge in [0.05, 0.1) is 30.9 Å². The van der Waals surface area contributed by atoms with E-state index in [1.165, 1.54) is 12.7 Å².